The zero-order chi connectivity index (χ0) is 8.57. The van der Waals surface area contributed by atoms with E-state index >= 15 is 0 Å². The summed E-state index contributed by atoms with van der Waals surface area (Å²) in [5, 5.41) is 10.5. The Balaban J connectivity index is 0. The third kappa shape index (κ3) is 8.44. The predicted molar refractivity (Wildman–Crippen MR) is 38.9 cm³/mol. The first-order valence-corrected chi connectivity index (χ1v) is 9.87. The van der Waals surface area contributed by atoms with E-state index in [2.05, 4.69) is 18.4 Å². The Morgan fingerprint density at radius 2 is 1.90 bits per heavy atom. The van der Waals surface area contributed by atoms with Gasteiger partial charge in [-0.05, 0) is 20.5 Å². The van der Waals surface area contributed by atoms with Crippen molar-refractivity contribution in [2.75, 3.05) is 6.61 Å². The molecular weight excluding hydrogens is 249 g/mol. The van der Waals surface area contributed by atoms with Gasteiger partial charge in [0.25, 0.3) is 0 Å². The van der Waals surface area contributed by atoms with Crippen molar-refractivity contribution in [2.45, 2.75) is 20.8 Å². The third-order valence-electron chi connectivity index (χ3n) is 0.684. The van der Waals surface area contributed by atoms with Crippen molar-refractivity contribution in [1.29, 1.82) is 0 Å². The molecule has 0 saturated heterocycles. The first kappa shape index (κ1) is 13.1. The second-order valence-electron chi connectivity index (χ2n) is 1.72. The standard InChI is InChI=1S/C6H12O2.BrH.Zn/c1-4-8-6(7)5(2)3;;/h7H,4H2,1-3H3;1H;/q;;+2/p-2. The normalized spacial score (nSPS) is 7.40. The van der Waals surface area contributed by atoms with E-state index in [1.54, 1.807) is 20.8 Å². The second kappa shape index (κ2) is 9.44. The molecule has 56 valence electrons. The van der Waals surface area contributed by atoms with E-state index in [-0.39, 0.29) is 5.95 Å². The van der Waals surface area contributed by atoms with Gasteiger partial charge in [0, 0.05) is 5.95 Å². The molecule has 0 saturated carbocycles. The molecule has 0 aromatic carbocycles. The van der Waals surface area contributed by atoms with E-state index in [1.807, 2.05) is 0 Å². The molecule has 0 radical (unpaired) electrons. The second-order valence-corrected chi connectivity index (χ2v) is 1.72. The molecule has 0 rings (SSSR count). The summed E-state index contributed by atoms with van der Waals surface area (Å²) in [5.41, 5.74) is 0.701. The van der Waals surface area contributed by atoms with Crippen LogP contribution in [0.2, 0.25) is 0 Å². The fourth-order valence-corrected chi connectivity index (χ4v) is 0.275. The first-order chi connectivity index (χ1) is 4.68. The fourth-order valence-electron chi connectivity index (χ4n) is 0.275. The summed E-state index contributed by atoms with van der Waals surface area (Å²) in [5.74, 6) is -0.201. The van der Waals surface area contributed by atoms with Crippen molar-refractivity contribution >= 4 is 13.6 Å². The Morgan fingerprint density at radius 1 is 1.50 bits per heavy atom. The summed E-state index contributed by atoms with van der Waals surface area (Å²) in [7, 11) is 0. The Bertz CT molecular complexity index is 99.9. The van der Waals surface area contributed by atoms with Gasteiger partial charge in [0.05, 0.1) is 0 Å². The molecule has 0 aliphatic heterocycles. The summed E-state index contributed by atoms with van der Waals surface area (Å²) in [6.07, 6.45) is 0. The molecule has 0 fully saturated rings. The number of hydrogen-bond donors (Lipinski definition) is 0. The zero-order valence-electron chi connectivity index (χ0n) is 6.61. The Hall–Kier alpha value is 0.443. The van der Waals surface area contributed by atoms with Crippen LogP contribution in [0, 0.1) is 0 Å². The molecule has 0 aliphatic rings. The van der Waals surface area contributed by atoms with Gasteiger partial charge < -0.3 is 9.84 Å². The van der Waals surface area contributed by atoms with Gasteiger partial charge in [-0.3, -0.25) is 0 Å². The number of hydrogen-bond acceptors (Lipinski definition) is 2. The SMILES string of the molecule is CCOC([O-])=C(C)C.[Zn+][Br]. The molecule has 0 bridgehead atoms. The molecule has 0 unspecified atom stereocenters. The molecular formula is C6H11BrO2Zn. The van der Waals surface area contributed by atoms with Crippen LogP contribution in [0.3, 0.4) is 0 Å². The van der Waals surface area contributed by atoms with Gasteiger partial charge in [0.15, 0.2) is 0 Å². The van der Waals surface area contributed by atoms with Crippen molar-refractivity contribution in [3.8, 4) is 0 Å². The summed E-state index contributed by atoms with van der Waals surface area (Å²) >= 11 is 4.25. The van der Waals surface area contributed by atoms with Crippen LogP contribution in [0.5, 0.6) is 0 Å². The molecule has 4 heteroatoms. The maximum absolute atomic E-state index is 10.5. The molecule has 0 amide bonds. The van der Waals surface area contributed by atoms with E-state index in [0.29, 0.717) is 12.2 Å². The Kier molecular flexibility index (Phi) is 12.3. The van der Waals surface area contributed by atoms with Crippen LogP contribution in [0.4, 0.5) is 0 Å². The first-order valence-electron chi connectivity index (χ1n) is 2.92. The van der Waals surface area contributed by atoms with E-state index in [9.17, 15) is 5.11 Å². The van der Waals surface area contributed by atoms with E-state index in [1.165, 1.54) is 16.3 Å². The fraction of sp³-hybridized carbons (Fsp3) is 0.667. The molecule has 0 aliphatic carbocycles. The molecule has 0 aromatic heterocycles. The average Bonchev–Trinajstić information content (AvgIpc) is 1.93. The van der Waals surface area contributed by atoms with Crippen LogP contribution in [-0.2, 0) is 21.1 Å². The quantitative estimate of drug-likeness (QED) is 0.556. The van der Waals surface area contributed by atoms with Crippen LogP contribution < -0.4 is 5.11 Å². The van der Waals surface area contributed by atoms with Crippen molar-refractivity contribution in [3.05, 3.63) is 11.5 Å². The number of ether oxygens (including phenoxy) is 1. The molecule has 0 atom stereocenters. The summed E-state index contributed by atoms with van der Waals surface area (Å²) in [4.78, 5) is 0. The zero-order valence-corrected chi connectivity index (χ0v) is 11.2. The van der Waals surface area contributed by atoms with Gasteiger partial charge >= 0.3 is 30.0 Å². The molecule has 0 heterocycles. The average molecular weight is 260 g/mol. The van der Waals surface area contributed by atoms with Gasteiger partial charge in [-0.2, -0.15) is 0 Å². The molecule has 0 N–H and O–H groups in total. The topological polar surface area (TPSA) is 32.3 Å². The van der Waals surface area contributed by atoms with Crippen molar-refractivity contribution in [2.24, 2.45) is 0 Å². The Labute approximate surface area is 78.7 Å². The molecule has 2 nitrogen and oxygen atoms in total. The van der Waals surface area contributed by atoms with E-state index in [4.69, 9.17) is 0 Å². The minimum atomic E-state index is -0.201. The van der Waals surface area contributed by atoms with Crippen LogP contribution in [0.25, 0.3) is 0 Å². The monoisotopic (exact) mass is 258 g/mol. The van der Waals surface area contributed by atoms with E-state index in [0.717, 1.165) is 0 Å². The van der Waals surface area contributed by atoms with Crippen LogP contribution in [-0.4, -0.2) is 6.61 Å². The van der Waals surface area contributed by atoms with Gasteiger partial charge in [-0.15, -0.1) is 0 Å². The van der Waals surface area contributed by atoms with Crippen molar-refractivity contribution < 1.29 is 26.2 Å². The predicted octanol–water partition coefficient (Wildman–Crippen LogP) is 1.48. The van der Waals surface area contributed by atoms with Crippen LogP contribution in [0.1, 0.15) is 20.8 Å². The summed E-state index contributed by atoms with van der Waals surface area (Å²) in [6.45, 7) is 5.72. The van der Waals surface area contributed by atoms with Crippen molar-refractivity contribution in [3.63, 3.8) is 0 Å². The van der Waals surface area contributed by atoms with Gasteiger partial charge in [0.1, 0.15) is 0 Å². The molecule has 0 aromatic rings. The number of rotatable bonds is 2. The third-order valence-corrected chi connectivity index (χ3v) is 0.684. The van der Waals surface area contributed by atoms with Gasteiger partial charge in [-0.1, -0.05) is 12.5 Å². The summed E-state index contributed by atoms with van der Waals surface area (Å²) < 4.78 is 4.63. The number of allylic oxidation sites excluding steroid dienone is 1. The van der Waals surface area contributed by atoms with Crippen LogP contribution in [0.15, 0.2) is 11.5 Å². The number of halogens is 1. The molecule has 0 spiro atoms. The maximum atomic E-state index is 10.5. The Morgan fingerprint density at radius 3 is 2.00 bits per heavy atom. The molecule has 10 heavy (non-hydrogen) atoms. The van der Waals surface area contributed by atoms with Gasteiger partial charge in [0.2, 0.25) is 0 Å². The minimum absolute atomic E-state index is 0.201. The van der Waals surface area contributed by atoms with Gasteiger partial charge in [-0.25, -0.2) is 0 Å². The van der Waals surface area contributed by atoms with Crippen LogP contribution >= 0.6 is 13.6 Å². The van der Waals surface area contributed by atoms with Crippen molar-refractivity contribution in [1.82, 2.24) is 0 Å². The summed E-state index contributed by atoms with van der Waals surface area (Å²) in [6, 6.07) is 0. The van der Waals surface area contributed by atoms with E-state index < -0.39 is 0 Å².